The van der Waals surface area contributed by atoms with Gasteiger partial charge in [-0.1, -0.05) is 229 Å². The van der Waals surface area contributed by atoms with Crippen molar-refractivity contribution in [3.63, 3.8) is 0 Å². The molecule has 0 saturated heterocycles. The first-order valence-electron chi connectivity index (χ1n) is 26.7. The molecular weight excluding hydrogens is 779 g/mol. The molecule has 0 fully saturated rings. The lowest BCUT2D eigenvalue weighted by Crippen LogP contribution is -2.46. The van der Waals surface area contributed by atoms with Crippen molar-refractivity contribution in [1.82, 2.24) is 5.32 Å². The third kappa shape index (κ3) is 45.7. The van der Waals surface area contributed by atoms with Crippen LogP contribution in [0.15, 0.2) is 72.9 Å². The van der Waals surface area contributed by atoms with E-state index in [2.05, 4.69) is 99.0 Å². The van der Waals surface area contributed by atoms with E-state index in [0.29, 0.717) is 19.3 Å². The number of esters is 1. The van der Waals surface area contributed by atoms with Gasteiger partial charge in [0.1, 0.15) is 6.10 Å². The zero-order valence-corrected chi connectivity index (χ0v) is 41.4. The number of rotatable bonds is 47. The average molecular weight is 880 g/mol. The second kappa shape index (κ2) is 50.3. The molecule has 63 heavy (non-hydrogen) atoms. The zero-order valence-electron chi connectivity index (χ0n) is 41.4. The smallest absolute Gasteiger partial charge is 0.306 e. The summed E-state index contributed by atoms with van der Waals surface area (Å²) >= 11 is 0. The molecule has 3 unspecified atom stereocenters. The van der Waals surface area contributed by atoms with Crippen molar-refractivity contribution in [2.45, 2.75) is 270 Å². The lowest BCUT2D eigenvalue weighted by molar-refractivity contribution is -0.151. The number of carbonyl (C=O) groups is 2. The van der Waals surface area contributed by atoms with E-state index in [1.807, 2.05) is 0 Å². The van der Waals surface area contributed by atoms with Gasteiger partial charge in [-0.2, -0.15) is 0 Å². The number of hydrogen-bond acceptors (Lipinski definition) is 5. The van der Waals surface area contributed by atoms with Crippen molar-refractivity contribution >= 4 is 11.9 Å². The number of amides is 1. The van der Waals surface area contributed by atoms with E-state index in [1.54, 1.807) is 0 Å². The average Bonchev–Trinajstić information content (AvgIpc) is 3.28. The summed E-state index contributed by atoms with van der Waals surface area (Å²) < 4.78 is 5.92. The predicted octanol–water partition coefficient (Wildman–Crippen LogP) is 16.2. The maximum Gasteiger partial charge on any atom is 0.306 e. The molecule has 3 atom stereocenters. The number of allylic oxidation sites excluding steroid dienone is 12. The fourth-order valence-corrected chi connectivity index (χ4v) is 7.80. The molecule has 364 valence electrons. The predicted molar refractivity (Wildman–Crippen MR) is 273 cm³/mol. The second-order valence-corrected chi connectivity index (χ2v) is 18.0. The Balaban J connectivity index is 4.69. The van der Waals surface area contributed by atoms with E-state index < -0.39 is 18.2 Å². The fourth-order valence-electron chi connectivity index (χ4n) is 7.80. The van der Waals surface area contributed by atoms with Crippen LogP contribution in [0.2, 0.25) is 0 Å². The van der Waals surface area contributed by atoms with Gasteiger partial charge >= 0.3 is 5.97 Å². The first kappa shape index (κ1) is 60.3. The fraction of sp³-hybridized carbons (Fsp3) is 0.754. The Morgan fingerprint density at radius 2 is 0.921 bits per heavy atom. The van der Waals surface area contributed by atoms with E-state index >= 15 is 0 Å². The number of aliphatic hydroxyl groups excluding tert-OH is 2. The van der Waals surface area contributed by atoms with Gasteiger partial charge in [0.25, 0.3) is 0 Å². The first-order valence-corrected chi connectivity index (χ1v) is 26.7. The van der Waals surface area contributed by atoms with Crippen molar-refractivity contribution in [3.05, 3.63) is 72.9 Å². The van der Waals surface area contributed by atoms with Crippen LogP contribution in [0.4, 0.5) is 0 Å². The van der Waals surface area contributed by atoms with Crippen LogP contribution in [-0.4, -0.2) is 46.9 Å². The van der Waals surface area contributed by atoms with Crippen LogP contribution in [-0.2, 0) is 14.3 Å². The number of hydrogen-bond donors (Lipinski definition) is 3. The third-order valence-electron chi connectivity index (χ3n) is 11.8. The maximum atomic E-state index is 13.2. The molecular formula is C57H101NO5. The van der Waals surface area contributed by atoms with Crippen LogP contribution < -0.4 is 5.32 Å². The van der Waals surface area contributed by atoms with Gasteiger partial charge in [-0.15, -0.1) is 0 Å². The number of aliphatic hydroxyl groups is 2. The Kier molecular flexibility index (Phi) is 48.1. The number of unbranched alkanes of at least 4 members (excludes halogenated alkanes) is 25. The van der Waals surface area contributed by atoms with Crippen molar-refractivity contribution < 1.29 is 24.5 Å². The van der Waals surface area contributed by atoms with Crippen LogP contribution in [0.5, 0.6) is 0 Å². The largest absolute Gasteiger partial charge is 0.462 e. The normalized spacial score (nSPS) is 13.8. The highest BCUT2D eigenvalue weighted by molar-refractivity contribution is 5.77. The van der Waals surface area contributed by atoms with E-state index in [0.717, 1.165) is 103 Å². The standard InChI is InChI=1S/C57H101NO5/c1-4-7-10-13-16-19-22-25-28-29-30-33-36-39-42-45-48-53(63-57(62)50-47-44-41-38-35-32-27-24-21-18-15-12-9-6-3)51-56(61)58-54(52-59)55(60)49-46-43-40-37-34-31-26-23-20-17-14-11-8-5-2/h9,12,18,21-22,25,27-30,32-33,53-55,59-60H,4-8,10-11,13-17,19-20,23-24,26,31,34-52H2,1-3H3,(H,58,61)/b12-9+,21-18+,25-22+,29-28+,32-27+,33-30+. The number of nitrogens with one attached hydrogen (secondary N) is 1. The first-order chi connectivity index (χ1) is 31.0. The van der Waals surface area contributed by atoms with Crippen molar-refractivity contribution in [2.24, 2.45) is 0 Å². The van der Waals surface area contributed by atoms with Gasteiger partial charge in [0.05, 0.1) is 25.2 Å². The van der Waals surface area contributed by atoms with Gasteiger partial charge in [-0.25, -0.2) is 0 Å². The molecule has 0 saturated carbocycles. The number of carbonyl (C=O) groups excluding carboxylic acids is 2. The molecule has 3 N–H and O–H groups in total. The van der Waals surface area contributed by atoms with Gasteiger partial charge in [0, 0.05) is 6.42 Å². The maximum absolute atomic E-state index is 13.2. The van der Waals surface area contributed by atoms with Gasteiger partial charge in [0.2, 0.25) is 5.91 Å². The summed E-state index contributed by atoms with van der Waals surface area (Å²) in [5, 5.41) is 23.8. The minimum Gasteiger partial charge on any atom is -0.462 e. The van der Waals surface area contributed by atoms with Crippen molar-refractivity contribution in [3.8, 4) is 0 Å². The Labute approximate surface area is 390 Å². The van der Waals surface area contributed by atoms with E-state index in [-0.39, 0.29) is 24.9 Å². The monoisotopic (exact) mass is 880 g/mol. The molecule has 0 spiro atoms. The number of ether oxygens (including phenoxy) is 1. The Hall–Kier alpha value is -2.70. The molecule has 0 bridgehead atoms. The van der Waals surface area contributed by atoms with Crippen LogP contribution in [0.1, 0.15) is 252 Å². The highest BCUT2D eigenvalue weighted by Gasteiger charge is 2.24. The summed E-state index contributed by atoms with van der Waals surface area (Å²) in [6, 6.07) is -0.720. The van der Waals surface area contributed by atoms with Crippen molar-refractivity contribution in [2.75, 3.05) is 6.61 Å². The lowest BCUT2D eigenvalue weighted by atomic mass is 10.0. The van der Waals surface area contributed by atoms with E-state index in [9.17, 15) is 19.8 Å². The molecule has 0 heterocycles. The topological polar surface area (TPSA) is 95.9 Å². The molecule has 1 amide bonds. The third-order valence-corrected chi connectivity index (χ3v) is 11.8. The summed E-state index contributed by atoms with van der Waals surface area (Å²) in [6.45, 7) is 6.35. The molecule has 0 aliphatic rings. The Bertz CT molecular complexity index is 1170. The Morgan fingerprint density at radius 3 is 1.44 bits per heavy atom. The summed E-state index contributed by atoms with van der Waals surface area (Å²) in [5.74, 6) is -0.533. The molecule has 0 aromatic heterocycles. The van der Waals surface area contributed by atoms with Crippen LogP contribution >= 0.6 is 0 Å². The van der Waals surface area contributed by atoms with Gasteiger partial charge < -0.3 is 20.3 Å². The molecule has 0 radical (unpaired) electrons. The van der Waals surface area contributed by atoms with E-state index in [1.165, 1.54) is 103 Å². The summed E-state index contributed by atoms with van der Waals surface area (Å²) in [5.41, 5.74) is 0. The minimum atomic E-state index is -0.804. The molecule has 0 aliphatic heterocycles. The van der Waals surface area contributed by atoms with E-state index in [4.69, 9.17) is 4.74 Å². The molecule has 0 aromatic carbocycles. The van der Waals surface area contributed by atoms with Gasteiger partial charge in [-0.3, -0.25) is 9.59 Å². The van der Waals surface area contributed by atoms with Crippen molar-refractivity contribution in [1.29, 1.82) is 0 Å². The minimum absolute atomic E-state index is 0.0434. The second-order valence-electron chi connectivity index (χ2n) is 18.0. The lowest BCUT2D eigenvalue weighted by Gasteiger charge is -2.24. The van der Waals surface area contributed by atoms with Crippen LogP contribution in [0.3, 0.4) is 0 Å². The summed E-state index contributed by atoms with van der Waals surface area (Å²) in [6.07, 6.45) is 63.9. The van der Waals surface area contributed by atoms with Gasteiger partial charge in [-0.05, 0) is 83.5 Å². The van der Waals surface area contributed by atoms with Crippen LogP contribution in [0, 0.1) is 0 Å². The Morgan fingerprint density at radius 1 is 0.492 bits per heavy atom. The molecule has 6 nitrogen and oxygen atoms in total. The molecule has 6 heteroatoms. The quantitative estimate of drug-likeness (QED) is 0.0245. The highest BCUT2D eigenvalue weighted by Crippen LogP contribution is 2.17. The van der Waals surface area contributed by atoms with Gasteiger partial charge in [0.15, 0.2) is 0 Å². The van der Waals surface area contributed by atoms with Crippen LogP contribution in [0.25, 0.3) is 0 Å². The highest BCUT2D eigenvalue weighted by atomic mass is 16.5. The molecule has 0 aromatic rings. The zero-order chi connectivity index (χ0) is 45.9. The summed E-state index contributed by atoms with van der Waals surface area (Å²) in [4.78, 5) is 26.2. The summed E-state index contributed by atoms with van der Waals surface area (Å²) in [7, 11) is 0. The molecule has 0 rings (SSSR count). The molecule has 0 aliphatic carbocycles. The SMILES string of the molecule is CC/C=C/C/C=C/C/C=C/CCCCCCC(=O)OC(CCCCC/C=C/C=C/C=C/CCCCCCC)CC(=O)NC(CO)C(O)CCCCCCCCCCCCCCCC.